The number of anilines is 2. The van der Waals surface area contributed by atoms with Crippen LogP contribution in [0.5, 0.6) is 5.75 Å². The van der Waals surface area contributed by atoms with Crippen LogP contribution in [0.1, 0.15) is 12.5 Å². The number of carbonyl (C=O) groups excluding carboxylic acids is 1. The van der Waals surface area contributed by atoms with Gasteiger partial charge in [0.05, 0.1) is 19.8 Å². The van der Waals surface area contributed by atoms with Crippen molar-refractivity contribution in [1.82, 2.24) is 10.3 Å². The molecule has 2 amide bonds. The lowest BCUT2D eigenvalue weighted by Crippen LogP contribution is -2.41. The minimum absolute atomic E-state index is 0.216. The zero-order chi connectivity index (χ0) is 18.4. The van der Waals surface area contributed by atoms with Crippen LogP contribution in [-0.4, -0.2) is 43.9 Å². The van der Waals surface area contributed by atoms with Crippen LogP contribution in [0.2, 0.25) is 0 Å². The molecule has 0 bridgehead atoms. The number of aromatic nitrogens is 1. The van der Waals surface area contributed by atoms with Crippen LogP contribution in [0.25, 0.3) is 0 Å². The molecule has 2 N–H and O–H groups in total. The summed E-state index contributed by atoms with van der Waals surface area (Å²) in [6.07, 6.45) is 2.01. The third-order valence-electron chi connectivity index (χ3n) is 4.18. The second-order valence-corrected chi connectivity index (χ2v) is 6.19. The molecule has 1 unspecified atom stereocenters. The molecule has 0 aliphatic carbocycles. The number of rotatable bonds is 5. The molecule has 1 atom stereocenters. The summed E-state index contributed by atoms with van der Waals surface area (Å²) in [5.74, 6) is 1.68. The number of hydrogen-bond acceptors (Lipinski definition) is 5. The molecule has 1 aromatic carbocycles. The fourth-order valence-electron chi connectivity index (χ4n) is 2.77. The van der Waals surface area contributed by atoms with Crippen LogP contribution in [-0.2, 0) is 11.3 Å². The SMILES string of the molecule is COc1ccc(NC(=O)NCc2ccc(N3CCOC(C)C3)nc2)cc1. The van der Waals surface area contributed by atoms with Crippen molar-refractivity contribution in [2.45, 2.75) is 19.6 Å². The predicted molar refractivity (Wildman–Crippen MR) is 101 cm³/mol. The quantitative estimate of drug-likeness (QED) is 0.861. The fraction of sp³-hybridized carbons (Fsp3) is 0.368. The van der Waals surface area contributed by atoms with Crippen LogP contribution in [0, 0.1) is 0 Å². The number of nitrogens with zero attached hydrogens (tertiary/aromatic N) is 2. The molecule has 1 aliphatic heterocycles. The Hall–Kier alpha value is -2.80. The van der Waals surface area contributed by atoms with Crippen LogP contribution in [0.3, 0.4) is 0 Å². The van der Waals surface area contributed by atoms with Crippen molar-refractivity contribution in [1.29, 1.82) is 0 Å². The summed E-state index contributed by atoms with van der Waals surface area (Å²) in [6.45, 7) is 4.88. The minimum Gasteiger partial charge on any atom is -0.497 e. The average Bonchev–Trinajstić information content (AvgIpc) is 2.67. The van der Waals surface area contributed by atoms with Gasteiger partial charge in [-0.25, -0.2) is 9.78 Å². The van der Waals surface area contributed by atoms with E-state index in [0.717, 1.165) is 36.8 Å². The highest BCUT2D eigenvalue weighted by atomic mass is 16.5. The summed E-state index contributed by atoms with van der Waals surface area (Å²) in [5, 5.41) is 5.61. The zero-order valence-electron chi connectivity index (χ0n) is 15.1. The van der Waals surface area contributed by atoms with Crippen molar-refractivity contribution < 1.29 is 14.3 Å². The lowest BCUT2D eigenvalue weighted by Gasteiger charge is -2.32. The zero-order valence-corrected chi connectivity index (χ0v) is 15.1. The van der Waals surface area contributed by atoms with Gasteiger partial charge >= 0.3 is 6.03 Å². The third kappa shape index (κ3) is 4.86. The molecule has 0 radical (unpaired) electrons. The number of methoxy groups -OCH3 is 1. The number of nitrogens with one attached hydrogen (secondary N) is 2. The van der Waals surface area contributed by atoms with Crippen molar-refractivity contribution in [3.63, 3.8) is 0 Å². The van der Waals surface area contributed by atoms with Gasteiger partial charge in [0.25, 0.3) is 0 Å². The van der Waals surface area contributed by atoms with E-state index in [1.807, 2.05) is 12.1 Å². The van der Waals surface area contributed by atoms with Crippen LogP contribution < -0.4 is 20.3 Å². The van der Waals surface area contributed by atoms with Crippen LogP contribution >= 0.6 is 0 Å². The minimum atomic E-state index is -0.263. The van der Waals surface area contributed by atoms with Gasteiger partial charge in [-0.3, -0.25) is 0 Å². The van der Waals surface area contributed by atoms with Gasteiger partial charge in [-0.2, -0.15) is 0 Å². The normalized spacial score (nSPS) is 16.8. The molecule has 0 spiro atoms. The first kappa shape index (κ1) is 18.0. The van der Waals surface area contributed by atoms with E-state index in [1.165, 1.54) is 0 Å². The maximum Gasteiger partial charge on any atom is 0.319 e. The molecular weight excluding hydrogens is 332 g/mol. The summed E-state index contributed by atoms with van der Waals surface area (Å²) < 4.78 is 10.6. The molecule has 2 heterocycles. The highest BCUT2D eigenvalue weighted by Gasteiger charge is 2.17. The van der Waals surface area contributed by atoms with Gasteiger partial charge in [-0.15, -0.1) is 0 Å². The molecule has 1 aliphatic rings. The molecule has 0 saturated carbocycles. The average molecular weight is 356 g/mol. The van der Waals surface area contributed by atoms with Gasteiger partial charge in [0.2, 0.25) is 0 Å². The van der Waals surface area contributed by atoms with Crippen molar-refractivity contribution in [2.24, 2.45) is 0 Å². The fourth-order valence-corrected chi connectivity index (χ4v) is 2.77. The number of pyridine rings is 1. The van der Waals surface area contributed by atoms with Crippen LogP contribution in [0.15, 0.2) is 42.6 Å². The molecule has 1 aromatic heterocycles. The number of carbonyl (C=O) groups is 1. The van der Waals surface area contributed by atoms with Crippen LogP contribution in [0.4, 0.5) is 16.3 Å². The molecule has 26 heavy (non-hydrogen) atoms. The topological polar surface area (TPSA) is 75.7 Å². The molecule has 1 saturated heterocycles. The maximum atomic E-state index is 12.0. The number of amides is 2. The number of ether oxygens (including phenoxy) is 2. The molecular formula is C19H24N4O3. The van der Waals surface area contributed by atoms with Gasteiger partial charge in [0.15, 0.2) is 0 Å². The Morgan fingerprint density at radius 1 is 1.31 bits per heavy atom. The van der Waals surface area contributed by atoms with Crippen molar-refractivity contribution in [3.8, 4) is 5.75 Å². The molecule has 3 rings (SSSR count). The van der Waals surface area contributed by atoms with Crippen molar-refractivity contribution in [2.75, 3.05) is 37.0 Å². The Labute approximate surface area is 153 Å². The van der Waals surface area contributed by atoms with Gasteiger partial charge in [0.1, 0.15) is 11.6 Å². The van der Waals surface area contributed by atoms with Gasteiger partial charge in [0, 0.05) is 31.5 Å². The van der Waals surface area contributed by atoms with Gasteiger partial charge in [-0.05, 0) is 42.8 Å². The van der Waals surface area contributed by atoms with Crippen molar-refractivity contribution in [3.05, 3.63) is 48.2 Å². The largest absolute Gasteiger partial charge is 0.497 e. The van der Waals surface area contributed by atoms with Crippen molar-refractivity contribution >= 4 is 17.5 Å². The smallest absolute Gasteiger partial charge is 0.319 e. The second-order valence-electron chi connectivity index (χ2n) is 6.19. The predicted octanol–water partition coefficient (Wildman–Crippen LogP) is 2.64. The Morgan fingerprint density at radius 3 is 2.77 bits per heavy atom. The van der Waals surface area contributed by atoms with Gasteiger partial charge < -0.3 is 25.0 Å². The lowest BCUT2D eigenvalue weighted by molar-refractivity contribution is 0.0529. The van der Waals surface area contributed by atoms with E-state index >= 15 is 0 Å². The Balaban J connectivity index is 1.48. The molecule has 2 aromatic rings. The number of hydrogen-bond donors (Lipinski definition) is 2. The summed E-state index contributed by atoms with van der Waals surface area (Å²) in [6, 6.07) is 10.9. The number of benzene rings is 1. The number of morpholine rings is 1. The monoisotopic (exact) mass is 356 g/mol. The van der Waals surface area contributed by atoms with E-state index in [4.69, 9.17) is 9.47 Å². The van der Waals surface area contributed by atoms with E-state index in [9.17, 15) is 4.79 Å². The first-order valence-electron chi connectivity index (χ1n) is 8.64. The summed E-state index contributed by atoms with van der Waals surface area (Å²) in [5.41, 5.74) is 1.65. The summed E-state index contributed by atoms with van der Waals surface area (Å²) >= 11 is 0. The molecule has 7 nitrogen and oxygen atoms in total. The second kappa shape index (κ2) is 8.53. The first-order chi connectivity index (χ1) is 12.6. The maximum absolute atomic E-state index is 12.0. The highest BCUT2D eigenvalue weighted by Crippen LogP contribution is 2.16. The molecule has 138 valence electrons. The number of urea groups is 1. The molecule has 7 heteroatoms. The van der Waals surface area contributed by atoms with E-state index in [2.05, 4.69) is 27.4 Å². The Bertz CT molecular complexity index is 719. The standard InChI is InChI=1S/C19H24N4O3/c1-14-13-23(9-10-26-14)18-8-3-15(11-20-18)12-21-19(24)22-16-4-6-17(25-2)7-5-16/h3-8,11,14H,9-10,12-13H2,1-2H3,(H2,21,22,24). The van der Waals surface area contributed by atoms with E-state index in [1.54, 1.807) is 37.6 Å². The Kier molecular flexibility index (Phi) is 5.91. The highest BCUT2D eigenvalue weighted by molar-refractivity contribution is 5.89. The summed E-state index contributed by atoms with van der Waals surface area (Å²) in [4.78, 5) is 18.7. The van der Waals surface area contributed by atoms with E-state index in [0.29, 0.717) is 12.2 Å². The first-order valence-corrected chi connectivity index (χ1v) is 8.64. The summed E-state index contributed by atoms with van der Waals surface area (Å²) in [7, 11) is 1.61. The van der Waals surface area contributed by atoms with Gasteiger partial charge in [-0.1, -0.05) is 6.07 Å². The van der Waals surface area contributed by atoms with E-state index < -0.39 is 0 Å². The third-order valence-corrected chi connectivity index (χ3v) is 4.18. The lowest BCUT2D eigenvalue weighted by atomic mass is 10.2. The molecule has 1 fully saturated rings. The Morgan fingerprint density at radius 2 is 2.12 bits per heavy atom. The van der Waals surface area contributed by atoms with E-state index in [-0.39, 0.29) is 12.1 Å².